The maximum absolute atomic E-state index is 11.0. The molecule has 2 N–H and O–H groups in total. The Bertz CT molecular complexity index is 326. The van der Waals surface area contributed by atoms with E-state index in [1.807, 2.05) is 6.07 Å². The molecule has 2 rings (SSSR count). The van der Waals surface area contributed by atoms with Crippen LogP contribution in [0.5, 0.6) is 0 Å². The zero-order valence-corrected chi connectivity index (χ0v) is 8.34. The van der Waals surface area contributed by atoms with Gasteiger partial charge in [-0.3, -0.25) is 9.89 Å². The summed E-state index contributed by atoms with van der Waals surface area (Å²) in [7, 11) is 0. The highest BCUT2D eigenvalue weighted by atomic mass is 16.1. The predicted molar refractivity (Wildman–Crippen MR) is 53.4 cm³/mol. The molecule has 1 aliphatic heterocycles. The third-order valence-corrected chi connectivity index (χ3v) is 2.70. The summed E-state index contributed by atoms with van der Waals surface area (Å²) in [5.41, 5.74) is 1.63. The molecule has 4 heteroatoms. The van der Waals surface area contributed by atoms with Crippen molar-refractivity contribution in [2.75, 3.05) is 13.1 Å². The molecule has 14 heavy (non-hydrogen) atoms. The highest BCUT2D eigenvalue weighted by molar-refractivity contribution is 5.92. The minimum atomic E-state index is 0.0243. The average Bonchev–Trinajstić information content (AvgIpc) is 2.68. The number of aromatic nitrogens is 2. The van der Waals surface area contributed by atoms with E-state index in [9.17, 15) is 4.79 Å². The van der Waals surface area contributed by atoms with E-state index in [1.165, 1.54) is 12.8 Å². The number of ketones is 1. The Kier molecular flexibility index (Phi) is 2.63. The lowest BCUT2D eigenvalue weighted by atomic mass is 9.96. The minimum absolute atomic E-state index is 0.0243. The van der Waals surface area contributed by atoms with Crippen molar-refractivity contribution >= 4 is 5.78 Å². The van der Waals surface area contributed by atoms with Gasteiger partial charge in [0.2, 0.25) is 0 Å². The van der Waals surface area contributed by atoms with Crippen LogP contribution >= 0.6 is 0 Å². The Morgan fingerprint density at radius 1 is 1.64 bits per heavy atom. The van der Waals surface area contributed by atoms with Gasteiger partial charge in [0.25, 0.3) is 0 Å². The summed E-state index contributed by atoms with van der Waals surface area (Å²) in [4.78, 5) is 11.0. The van der Waals surface area contributed by atoms with E-state index in [1.54, 1.807) is 6.92 Å². The summed E-state index contributed by atoms with van der Waals surface area (Å²) in [6, 6.07) is 1.88. The number of nitrogens with one attached hydrogen (secondary N) is 2. The van der Waals surface area contributed by atoms with Crippen LogP contribution in [-0.2, 0) is 0 Å². The number of carbonyl (C=O) groups excluding carboxylic acids is 1. The first-order chi connectivity index (χ1) is 6.77. The van der Waals surface area contributed by atoms with Crippen molar-refractivity contribution in [2.45, 2.75) is 25.7 Å². The molecule has 0 spiro atoms. The van der Waals surface area contributed by atoms with Crippen LogP contribution in [0.3, 0.4) is 0 Å². The summed E-state index contributed by atoms with van der Waals surface area (Å²) in [6.07, 6.45) is 2.37. The molecule has 1 saturated heterocycles. The first-order valence-corrected chi connectivity index (χ1v) is 5.04. The fourth-order valence-corrected chi connectivity index (χ4v) is 1.84. The lowest BCUT2D eigenvalue weighted by Gasteiger charge is -2.21. The molecule has 1 fully saturated rings. The van der Waals surface area contributed by atoms with Gasteiger partial charge >= 0.3 is 0 Å². The molecule has 4 nitrogen and oxygen atoms in total. The van der Waals surface area contributed by atoms with Gasteiger partial charge in [0.05, 0.1) is 0 Å². The molecule has 1 aromatic rings. The molecule has 76 valence electrons. The largest absolute Gasteiger partial charge is 0.316 e. The van der Waals surface area contributed by atoms with Gasteiger partial charge in [-0.2, -0.15) is 5.10 Å². The van der Waals surface area contributed by atoms with Crippen molar-refractivity contribution in [3.05, 3.63) is 17.5 Å². The quantitative estimate of drug-likeness (QED) is 0.691. The first kappa shape index (κ1) is 9.40. The maximum atomic E-state index is 11.0. The fraction of sp³-hybridized carbons (Fsp3) is 0.600. The van der Waals surface area contributed by atoms with Crippen LogP contribution in [0.25, 0.3) is 0 Å². The molecule has 0 saturated carbocycles. The van der Waals surface area contributed by atoms with Crippen LogP contribution in [0.4, 0.5) is 0 Å². The van der Waals surface area contributed by atoms with Gasteiger partial charge in [0.15, 0.2) is 5.78 Å². The van der Waals surface area contributed by atoms with Crippen LogP contribution in [0.2, 0.25) is 0 Å². The number of nitrogens with zero attached hydrogens (tertiary/aromatic N) is 1. The molecule has 0 amide bonds. The van der Waals surface area contributed by atoms with Crippen LogP contribution in [0.15, 0.2) is 6.07 Å². The Morgan fingerprint density at radius 3 is 3.07 bits per heavy atom. The zero-order chi connectivity index (χ0) is 9.97. The third-order valence-electron chi connectivity index (χ3n) is 2.70. The van der Waals surface area contributed by atoms with E-state index >= 15 is 0 Å². The summed E-state index contributed by atoms with van der Waals surface area (Å²) in [5.74, 6) is 0.514. The third kappa shape index (κ3) is 1.85. The van der Waals surface area contributed by atoms with E-state index in [0.717, 1.165) is 18.8 Å². The normalized spacial score (nSPS) is 22.2. The fourth-order valence-electron chi connectivity index (χ4n) is 1.84. The molecule has 1 aromatic heterocycles. The van der Waals surface area contributed by atoms with Crippen molar-refractivity contribution in [1.29, 1.82) is 0 Å². The number of H-pyrrole nitrogens is 1. The van der Waals surface area contributed by atoms with Gasteiger partial charge in [0, 0.05) is 25.1 Å². The number of Topliss-reactive ketones (excluding diaryl/α,β-unsaturated/α-hetero) is 1. The molecule has 1 aliphatic rings. The van der Waals surface area contributed by atoms with Crippen LogP contribution in [-0.4, -0.2) is 29.1 Å². The maximum Gasteiger partial charge on any atom is 0.179 e. The highest BCUT2D eigenvalue weighted by Gasteiger charge is 2.17. The number of hydrogen-bond acceptors (Lipinski definition) is 3. The Balaban J connectivity index is 2.11. The number of aromatic amines is 1. The topological polar surface area (TPSA) is 57.8 Å². The number of rotatable bonds is 2. The second-order valence-electron chi connectivity index (χ2n) is 3.81. The molecular weight excluding hydrogens is 178 g/mol. The van der Waals surface area contributed by atoms with Gasteiger partial charge in [-0.05, 0) is 25.5 Å². The molecule has 2 heterocycles. The Morgan fingerprint density at radius 2 is 2.50 bits per heavy atom. The highest BCUT2D eigenvalue weighted by Crippen LogP contribution is 2.21. The Hall–Kier alpha value is -1.16. The van der Waals surface area contributed by atoms with Crippen LogP contribution in [0.1, 0.15) is 41.9 Å². The summed E-state index contributed by atoms with van der Waals surface area (Å²) < 4.78 is 0. The first-order valence-electron chi connectivity index (χ1n) is 5.04. The summed E-state index contributed by atoms with van der Waals surface area (Å²) in [5, 5.41) is 10.3. The lowest BCUT2D eigenvalue weighted by Crippen LogP contribution is -2.28. The van der Waals surface area contributed by atoms with Crippen molar-refractivity contribution < 1.29 is 4.79 Å². The van der Waals surface area contributed by atoms with Crippen molar-refractivity contribution in [1.82, 2.24) is 15.5 Å². The van der Waals surface area contributed by atoms with E-state index in [-0.39, 0.29) is 5.78 Å². The van der Waals surface area contributed by atoms with Gasteiger partial charge in [-0.15, -0.1) is 0 Å². The number of carbonyl (C=O) groups is 1. The Labute approximate surface area is 83.1 Å². The van der Waals surface area contributed by atoms with Gasteiger partial charge in [-0.25, -0.2) is 0 Å². The summed E-state index contributed by atoms with van der Waals surface area (Å²) in [6.45, 7) is 3.63. The molecule has 1 unspecified atom stereocenters. The predicted octanol–water partition coefficient (Wildman–Crippen LogP) is 1.08. The molecule has 0 aromatic carbocycles. The molecule has 1 atom stereocenters. The van der Waals surface area contributed by atoms with E-state index in [2.05, 4.69) is 15.5 Å². The van der Waals surface area contributed by atoms with Gasteiger partial charge < -0.3 is 5.32 Å². The van der Waals surface area contributed by atoms with Crippen molar-refractivity contribution in [3.8, 4) is 0 Å². The molecular formula is C10H15N3O. The smallest absolute Gasteiger partial charge is 0.179 e. The lowest BCUT2D eigenvalue weighted by molar-refractivity contribution is 0.101. The van der Waals surface area contributed by atoms with Crippen molar-refractivity contribution in [3.63, 3.8) is 0 Å². The van der Waals surface area contributed by atoms with E-state index < -0.39 is 0 Å². The second-order valence-corrected chi connectivity index (χ2v) is 3.81. The number of piperidine rings is 1. The van der Waals surface area contributed by atoms with Gasteiger partial charge in [-0.1, -0.05) is 0 Å². The molecule has 0 radical (unpaired) electrons. The van der Waals surface area contributed by atoms with E-state index in [4.69, 9.17) is 0 Å². The summed E-state index contributed by atoms with van der Waals surface area (Å²) >= 11 is 0. The molecule has 0 bridgehead atoms. The van der Waals surface area contributed by atoms with Crippen LogP contribution in [0, 0.1) is 0 Å². The standard InChI is InChI=1S/C10H15N3O/c1-7(14)9-5-10(13-12-9)8-3-2-4-11-6-8/h5,8,11H,2-4,6H2,1H3,(H,12,13). The SMILES string of the molecule is CC(=O)c1cc(C2CCCNC2)[nH]n1. The molecule has 0 aliphatic carbocycles. The zero-order valence-electron chi connectivity index (χ0n) is 8.34. The van der Waals surface area contributed by atoms with Gasteiger partial charge in [0.1, 0.15) is 5.69 Å². The number of hydrogen-bond donors (Lipinski definition) is 2. The average molecular weight is 193 g/mol. The van der Waals surface area contributed by atoms with Crippen LogP contribution < -0.4 is 5.32 Å². The van der Waals surface area contributed by atoms with E-state index in [0.29, 0.717) is 11.6 Å². The monoisotopic (exact) mass is 193 g/mol. The second kappa shape index (κ2) is 3.92. The minimum Gasteiger partial charge on any atom is -0.316 e. The van der Waals surface area contributed by atoms with Crippen molar-refractivity contribution in [2.24, 2.45) is 0 Å².